The minimum absolute atomic E-state index is 0.0293. The molecular formula is C13H13Br2NOS. The minimum atomic E-state index is 0.0293. The molecular weight excluding hydrogens is 378 g/mol. The summed E-state index contributed by atoms with van der Waals surface area (Å²) in [5, 5.41) is 2.05. The maximum atomic E-state index is 6.20. The first-order chi connectivity index (χ1) is 8.60. The van der Waals surface area contributed by atoms with E-state index in [4.69, 9.17) is 10.5 Å². The molecule has 0 spiro atoms. The smallest absolute Gasteiger partial charge is 0.133 e. The van der Waals surface area contributed by atoms with Crippen molar-refractivity contribution in [1.82, 2.24) is 0 Å². The summed E-state index contributed by atoms with van der Waals surface area (Å²) in [4.78, 5) is 1.19. The van der Waals surface area contributed by atoms with Crippen molar-refractivity contribution in [1.29, 1.82) is 0 Å². The third-order valence-corrected chi connectivity index (χ3v) is 5.07. The SMILES string of the molecule is COc1ccc(CC(N)c2cc(Br)cs2)cc1Br. The number of ether oxygens (including phenoxy) is 1. The number of hydrogen-bond donors (Lipinski definition) is 1. The van der Waals surface area contributed by atoms with Gasteiger partial charge in [0.2, 0.25) is 0 Å². The standard InChI is InChI=1S/C13H13Br2NOS/c1-17-12-3-2-8(4-10(12)15)5-11(16)13-6-9(14)7-18-13/h2-4,6-7,11H,5,16H2,1H3. The van der Waals surface area contributed by atoms with Crippen LogP contribution in [0.1, 0.15) is 16.5 Å². The van der Waals surface area contributed by atoms with Crippen LogP contribution in [0.2, 0.25) is 0 Å². The Morgan fingerprint density at radius 1 is 1.33 bits per heavy atom. The van der Waals surface area contributed by atoms with E-state index in [0.717, 1.165) is 21.1 Å². The van der Waals surface area contributed by atoms with E-state index >= 15 is 0 Å². The highest BCUT2D eigenvalue weighted by Crippen LogP contribution is 2.29. The molecule has 2 nitrogen and oxygen atoms in total. The Morgan fingerprint density at radius 3 is 2.67 bits per heavy atom. The van der Waals surface area contributed by atoms with Crippen LogP contribution >= 0.6 is 43.2 Å². The first-order valence-corrected chi connectivity index (χ1v) is 7.88. The molecule has 0 saturated heterocycles. The molecule has 2 rings (SSSR count). The van der Waals surface area contributed by atoms with Gasteiger partial charge in [-0.1, -0.05) is 6.07 Å². The Labute approximate surface area is 127 Å². The van der Waals surface area contributed by atoms with Crippen molar-refractivity contribution in [3.05, 3.63) is 49.0 Å². The predicted octanol–water partition coefficient (Wildman–Crippen LogP) is 4.52. The second-order valence-corrected chi connectivity index (χ2v) is 6.66. The number of benzene rings is 1. The first-order valence-electron chi connectivity index (χ1n) is 5.42. The highest BCUT2D eigenvalue weighted by Gasteiger charge is 2.10. The van der Waals surface area contributed by atoms with Gasteiger partial charge in [0.1, 0.15) is 5.75 Å². The Bertz CT molecular complexity index is 542. The molecule has 1 aromatic carbocycles. The molecule has 1 aromatic heterocycles. The van der Waals surface area contributed by atoms with E-state index in [1.54, 1.807) is 18.4 Å². The zero-order valence-electron chi connectivity index (χ0n) is 9.82. The molecule has 0 aliphatic carbocycles. The number of nitrogens with two attached hydrogens (primary N) is 1. The lowest BCUT2D eigenvalue weighted by Crippen LogP contribution is -2.11. The maximum absolute atomic E-state index is 6.20. The van der Waals surface area contributed by atoms with Gasteiger partial charge in [0, 0.05) is 20.8 Å². The van der Waals surface area contributed by atoms with Gasteiger partial charge in [0.05, 0.1) is 11.6 Å². The van der Waals surface area contributed by atoms with E-state index in [1.807, 2.05) is 12.1 Å². The Kier molecular flexibility index (Phi) is 4.84. The number of methoxy groups -OCH3 is 1. The summed E-state index contributed by atoms with van der Waals surface area (Å²) in [6, 6.07) is 8.17. The summed E-state index contributed by atoms with van der Waals surface area (Å²) in [6.45, 7) is 0. The van der Waals surface area contributed by atoms with E-state index in [0.29, 0.717) is 0 Å². The molecule has 0 aliphatic rings. The molecule has 2 N–H and O–H groups in total. The van der Waals surface area contributed by atoms with Gasteiger partial charge in [0.15, 0.2) is 0 Å². The van der Waals surface area contributed by atoms with Crippen molar-refractivity contribution >= 4 is 43.2 Å². The van der Waals surface area contributed by atoms with Crippen molar-refractivity contribution in [3.63, 3.8) is 0 Å². The zero-order chi connectivity index (χ0) is 13.1. The lowest BCUT2D eigenvalue weighted by Gasteiger charge is -2.11. The summed E-state index contributed by atoms with van der Waals surface area (Å²) < 4.78 is 7.26. The van der Waals surface area contributed by atoms with Crippen LogP contribution in [0.25, 0.3) is 0 Å². The van der Waals surface area contributed by atoms with Crippen molar-refractivity contribution in [2.75, 3.05) is 7.11 Å². The quantitative estimate of drug-likeness (QED) is 0.832. The van der Waals surface area contributed by atoms with Gasteiger partial charge in [-0.2, -0.15) is 0 Å². The van der Waals surface area contributed by atoms with Gasteiger partial charge < -0.3 is 10.5 Å². The Hall–Kier alpha value is -0.360. The van der Waals surface area contributed by atoms with Crippen LogP contribution in [0.3, 0.4) is 0 Å². The third-order valence-electron chi connectivity index (χ3n) is 2.63. The molecule has 5 heteroatoms. The van der Waals surface area contributed by atoms with Gasteiger partial charge in [-0.3, -0.25) is 0 Å². The van der Waals surface area contributed by atoms with Gasteiger partial charge in [-0.25, -0.2) is 0 Å². The molecule has 0 radical (unpaired) electrons. The van der Waals surface area contributed by atoms with E-state index in [1.165, 1.54) is 10.4 Å². The molecule has 0 bridgehead atoms. The van der Waals surface area contributed by atoms with Crippen LogP contribution in [0, 0.1) is 0 Å². The maximum Gasteiger partial charge on any atom is 0.133 e. The van der Waals surface area contributed by atoms with Crippen LogP contribution in [0.5, 0.6) is 5.75 Å². The fourth-order valence-electron chi connectivity index (χ4n) is 1.71. The van der Waals surface area contributed by atoms with Gasteiger partial charge >= 0.3 is 0 Å². The van der Waals surface area contributed by atoms with Gasteiger partial charge in [-0.05, 0) is 62.0 Å². The number of halogens is 2. The lowest BCUT2D eigenvalue weighted by atomic mass is 10.1. The van der Waals surface area contributed by atoms with E-state index in [-0.39, 0.29) is 6.04 Å². The van der Waals surface area contributed by atoms with Gasteiger partial charge in [-0.15, -0.1) is 11.3 Å². The summed E-state index contributed by atoms with van der Waals surface area (Å²) in [7, 11) is 1.66. The lowest BCUT2D eigenvalue weighted by molar-refractivity contribution is 0.412. The molecule has 0 fully saturated rings. The third kappa shape index (κ3) is 3.35. The molecule has 96 valence electrons. The fraction of sp³-hybridized carbons (Fsp3) is 0.231. The first kappa shape index (κ1) is 14.1. The molecule has 0 saturated carbocycles. The summed E-state index contributed by atoms with van der Waals surface area (Å²) in [5.41, 5.74) is 7.40. The minimum Gasteiger partial charge on any atom is -0.496 e. The van der Waals surface area contributed by atoms with Gasteiger partial charge in [0.25, 0.3) is 0 Å². The normalized spacial score (nSPS) is 12.4. The molecule has 0 amide bonds. The van der Waals surface area contributed by atoms with Crippen LogP contribution in [0.15, 0.2) is 38.6 Å². The monoisotopic (exact) mass is 389 g/mol. The average Bonchev–Trinajstić information content (AvgIpc) is 2.76. The molecule has 0 aliphatic heterocycles. The van der Waals surface area contributed by atoms with Crippen LogP contribution in [0.4, 0.5) is 0 Å². The molecule has 2 aromatic rings. The molecule has 1 heterocycles. The molecule has 18 heavy (non-hydrogen) atoms. The number of thiophene rings is 1. The van der Waals surface area contributed by atoms with E-state index < -0.39 is 0 Å². The van der Waals surface area contributed by atoms with Crippen molar-refractivity contribution in [2.45, 2.75) is 12.5 Å². The number of rotatable bonds is 4. The van der Waals surface area contributed by atoms with E-state index in [2.05, 4.69) is 49.4 Å². The van der Waals surface area contributed by atoms with E-state index in [9.17, 15) is 0 Å². The summed E-state index contributed by atoms with van der Waals surface area (Å²) >= 11 is 8.61. The largest absolute Gasteiger partial charge is 0.496 e. The van der Waals surface area contributed by atoms with Crippen molar-refractivity contribution in [3.8, 4) is 5.75 Å². The van der Waals surface area contributed by atoms with Crippen molar-refractivity contribution < 1.29 is 4.74 Å². The molecule has 1 atom stereocenters. The second kappa shape index (κ2) is 6.19. The van der Waals surface area contributed by atoms with Crippen LogP contribution < -0.4 is 10.5 Å². The Morgan fingerprint density at radius 2 is 2.11 bits per heavy atom. The van der Waals surface area contributed by atoms with Crippen LogP contribution in [-0.4, -0.2) is 7.11 Å². The molecule has 1 unspecified atom stereocenters. The average molecular weight is 391 g/mol. The second-order valence-electron chi connectivity index (χ2n) is 3.95. The highest BCUT2D eigenvalue weighted by molar-refractivity contribution is 9.10. The highest BCUT2D eigenvalue weighted by atomic mass is 79.9. The predicted molar refractivity (Wildman–Crippen MR) is 83.3 cm³/mol. The zero-order valence-corrected chi connectivity index (χ0v) is 13.8. The Balaban J connectivity index is 2.12. The number of hydrogen-bond acceptors (Lipinski definition) is 3. The summed E-state index contributed by atoms with van der Waals surface area (Å²) in [5.74, 6) is 0.839. The van der Waals surface area contributed by atoms with Crippen molar-refractivity contribution in [2.24, 2.45) is 5.73 Å². The van der Waals surface area contributed by atoms with Crippen LogP contribution in [-0.2, 0) is 6.42 Å². The topological polar surface area (TPSA) is 35.2 Å². The summed E-state index contributed by atoms with van der Waals surface area (Å²) in [6.07, 6.45) is 0.815. The fourth-order valence-corrected chi connectivity index (χ4v) is 3.75.